The van der Waals surface area contributed by atoms with Gasteiger partial charge in [-0.05, 0) is 127 Å². The molecule has 14 rings (SSSR count). The molecule has 0 fully saturated rings. The molecule has 0 radical (unpaired) electrons. The highest BCUT2D eigenvalue weighted by Gasteiger charge is 2.19. The van der Waals surface area contributed by atoms with Crippen LogP contribution in [0.3, 0.4) is 0 Å². The quantitative estimate of drug-likeness (QED) is 0.145. The first-order valence-corrected chi connectivity index (χ1v) is 24.5. The second-order valence-corrected chi connectivity index (χ2v) is 19.1. The zero-order valence-electron chi connectivity index (χ0n) is 37.6. The maximum atomic E-state index is 2.42. The molecule has 0 aliphatic carbocycles. The average Bonchev–Trinajstić information content (AvgIpc) is 3.97. The van der Waals surface area contributed by atoms with Crippen molar-refractivity contribution < 1.29 is 0 Å². The lowest BCUT2D eigenvalue weighted by atomic mass is 9.93. The summed E-state index contributed by atoms with van der Waals surface area (Å²) in [5.74, 6) is 0. The van der Waals surface area contributed by atoms with Crippen LogP contribution in [0.15, 0.2) is 255 Å². The van der Waals surface area contributed by atoms with Gasteiger partial charge in [0.25, 0.3) is 0 Å². The molecule has 3 heteroatoms. The fraction of sp³-hybridized carbons (Fsp3) is 0. The van der Waals surface area contributed by atoms with Crippen molar-refractivity contribution in [3.8, 4) is 39.1 Å². The van der Waals surface area contributed by atoms with Crippen LogP contribution in [0.2, 0.25) is 0 Å². The van der Waals surface area contributed by atoms with E-state index in [1.165, 1.54) is 102 Å². The van der Waals surface area contributed by atoms with E-state index in [1.54, 1.807) is 0 Å². The third-order valence-corrected chi connectivity index (χ3v) is 15.4. The van der Waals surface area contributed by atoms with Gasteiger partial charge in [0.2, 0.25) is 0 Å². The minimum Gasteiger partial charge on any atom is -0.311 e. The Morgan fingerprint density at radius 1 is 0.290 bits per heavy atom. The van der Waals surface area contributed by atoms with Crippen molar-refractivity contribution in [1.82, 2.24) is 4.57 Å². The van der Waals surface area contributed by atoms with Gasteiger partial charge < -0.3 is 9.47 Å². The summed E-state index contributed by atoms with van der Waals surface area (Å²) in [7, 11) is 0. The summed E-state index contributed by atoms with van der Waals surface area (Å²) in [6, 6.07) is 93.6. The molecule has 12 aromatic carbocycles. The Hall–Kier alpha value is -8.76. The van der Waals surface area contributed by atoms with Gasteiger partial charge in [-0.1, -0.05) is 188 Å². The Morgan fingerprint density at radius 2 is 0.783 bits per heavy atom. The number of anilines is 3. The molecular weight excluding hydrogens is 853 g/mol. The first kappa shape index (κ1) is 39.4. The predicted octanol–water partition coefficient (Wildman–Crippen LogP) is 19.1. The van der Waals surface area contributed by atoms with Crippen molar-refractivity contribution in [3.05, 3.63) is 255 Å². The van der Waals surface area contributed by atoms with Gasteiger partial charge >= 0.3 is 0 Å². The van der Waals surface area contributed by atoms with Crippen LogP contribution in [0.5, 0.6) is 0 Å². The number of hydrogen-bond acceptors (Lipinski definition) is 2. The molecule has 2 nitrogen and oxygen atoms in total. The molecule has 0 spiro atoms. The normalized spacial score (nSPS) is 11.8. The van der Waals surface area contributed by atoms with E-state index in [2.05, 4.69) is 264 Å². The van der Waals surface area contributed by atoms with Gasteiger partial charge in [0, 0.05) is 53.6 Å². The molecule has 0 aliphatic heterocycles. The summed E-state index contributed by atoms with van der Waals surface area (Å²) >= 11 is 1.89. The number of rotatable bonds is 7. The van der Waals surface area contributed by atoms with E-state index in [4.69, 9.17) is 0 Å². The molecule has 2 heterocycles. The van der Waals surface area contributed by atoms with Crippen LogP contribution in [0.1, 0.15) is 0 Å². The van der Waals surface area contributed by atoms with E-state index >= 15 is 0 Å². The number of fused-ring (bicyclic) bond motifs is 11. The maximum Gasteiger partial charge on any atom is 0.0541 e. The topological polar surface area (TPSA) is 8.17 Å². The molecule has 0 bridgehead atoms. The van der Waals surface area contributed by atoms with Gasteiger partial charge in [0.05, 0.1) is 16.7 Å². The van der Waals surface area contributed by atoms with Crippen LogP contribution in [-0.2, 0) is 0 Å². The van der Waals surface area contributed by atoms with Crippen LogP contribution in [-0.4, -0.2) is 4.57 Å². The largest absolute Gasteiger partial charge is 0.311 e. The number of thiophene rings is 1. The average molecular weight is 895 g/mol. The molecule has 0 N–H and O–H groups in total. The van der Waals surface area contributed by atoms with Crippen molar-refractivity contribution in [3.63, 3.8) is 0 Å². The van der Waals surface area contributed by atoms with E-state index in [1.807, 2.05) is 11.3 Å². The van der Waals surface area contributed by atoms with Crippen molar-refractivity contribution in [1.29, 1.82) is 0 Å². The standard InChI is InChI=1S/C66H42N2S/c1-4-17-54-44(13-1)31-40-60-59-39-32-47(42-65(59)69-66(54)60)43-25-33-49(34-26-43)67(51-37-29-46(30-38-51)61-41-48-14-2-3-15-52(48)55-18-5-6-19-56(55)61)50-35-27-45(28-36-50)53-16-7-10-22-62(53)68-63-23-11-8-20-57(63)58-21-9-12-24-64(58)68/h1-42H. The molecule has 0 saturated heterocycles. The third-order valence-electron chi connectivity index (χ3n) is 14.2. The summed E-state index contributed by atoms with van der Waals surface area (Å²) in [6.07, 6.45) is 0. The smallest absolute Gasteiger partial charge is 0.0541 e. The number of para-hydroxylation sites is 3. The summed E-state index contributed by atoms with van der Waals surface area (Å²) < 4.78 is 5.08. The fourth-order valence-corrected chi connectivity index (χ4v) is 12.2. The van der Waals surface area contributed by atoms with E-state index in [-0.39, 0.29) is 0 Å². The molecule has 0 saturated carbocycles. The molecule has 322 valence electrons. The van der Waals surface area contributed by atoms with Gasteiger partial charge in [-0.2, -0.15) is 0 Å². The first-order valence-electron chi connectivity index (χ1n) is 23.7. The van der Waals surface area contributed by atoms with Crippen molar-refractivity contribution in [2.24, 2.45) is 0 Å². The highest BCUT2D eigenvalue weighted by atomic mass is 32.1. The lowest BCUT2D eigenvalue weighted by Gasteiger charge is -2.26. The van der Waals surface area contributed by atoms with Crippen molar-refractivity contribution in [2.45, 2.75) is 0 Å². The zero-order valence-corrected chi connectivity index (χ0v) is 38.4. The second-order valence-electron chi connectivity index (χ2n) is 18.0. The van der Waals surface area contributed by atoms with Crippen LogP contribution >= 0.6 is 11.3 Å². The lowest BCUT2D eigenvalue weighted by Crippen LogP contribution is -2.09. The number of nitrogens with zero attached hydrogens (tertiary/aromatic N) is 2. The summed E-state index contributed by atoms with van der Waals surface area (Å²) in [5.41, 5.74) is 14.0. The zero-order chi connectivity index (χ0) is 45.4. The summed E-state index contributed by atoms with van der Waals surface area (Å²) in [5, 5.41) is 12.8. The van der Waals surface area contributed by atoms with Crippen LogP contribution in [0, 0.1) is 0 Å². The molecule has 0 aliphatic rings. The van der Waals surface area contributed by atoms with Gasteiger partial charge in [-0.3, -0.25) is 0 Å². The predicted molar refractivity (Wildman–Crippen MR) is 297 cm³/mol. The molecule has 2 aromatic heterocycles. The van der Waals surface area contributed by atoms with Gasteiger partial charge in [0.15, 0.2) is 0 Å². The van der Waals surface area contributed by atoms with Crippen LogP contribution in [0.25, 0.3) is 113 Å². The Kier molecular flexibility index (Phi) is 9.11. The van der Waals surface area contributed by atoms with Gasteiger partial charge in [-0.15, -0.1) is 11.3 Å². The Labute approximate surface area is 403 Å². The highest BCUT2D eigenvalue weighted by molar-refractivity contribution is 7.26. The number of aromatic nitrogens is 1. The number of benzene rings is 12. The van der Waals surface area contributed by atoms with E-state index in [0.717, 1.165) is 28.3 Å². The van der Waals surface area contributed by atoms with Crippen LogP contribution < -0.4 is 4.90 Å². The SMILES string of the molecule is c1ccc(-n2c3ccccc3c3ccccc32)c(-c2ccc(N(c3ccc(-c4ccc5c(c4)sc4c6ccccc6ccc54)cc3)c3ccc(-c4cc5ccccc5c5ccccc45)cc3)cc2)c1. The molecule has 0 atom stereocenters. The first-order chi connectivity index (χ1) is 34.2. The second kappa shape index (κ2) is 16.0. The van der Waals surface area contributed by atoms with Crippen LogP contribution in [0.4, 0.5) is 17.1 Å². The molecule has 0 amide bonds. The molecule has 69 heavy (non-hydrogen) atoms. The lowest BCUT2D eigenvalue weighted by molar-refractivity contribution is 1.18. The van der Waals surface area contributed by atoms with Crippen molar-refractivity contribution >= 4 is 103 Å². The molecule has 14 aromatic rings. The van der Waals surface area contributed by atoms with Gasteiger partial charge in [0.1, 0.15) is 0 Å². The maximum absolute atomic E-state index is 2.42. The Balaban J connectivity index is 0.868. The Morgan fingerprint density at radius 3 is 1.46 bits per heavy atom. The minimum absolute atomic E-state index is 1.09. The van der Waals surface area contributed by atoms with Crippen molar-refractivity contribution in [2.75, 3.05) is 4.90 Å². The van der Waals surface area contributed by atoms with E-state index in [9.17, 15) is 0 Å². The number of hydrogen-bond donors (Lipinski definition) is 0. The summed E-state index contributed by atoms with van der Waals surface area (Å²) in [4.78, 5) is 2.38. The Bertz CT molecular complexity index is 4240. The highest BCUT2D eigenvalue weighted by Crippen LogP contribution is 2.43. The van der Waals surface area contributed by atoms with E-state index in [0.29, 0.717) is 0 Å². The summed E-state index contributed by atoms with van der Waals surface area (Å²) in [6.45, 7) is 0. The minimum atomic E-state index is 1.09. The van der Waals surface area contributed by atoms with Gasteiger partial charge in [-0.25, -0.2) is 0 Å². The fourth-order valence-electron chi connectivity index (χ4n) is 10.9. The molecular formula is C66H42N2S. The van der Waals surface area contributed by atoms with E-state index < -0.39 is 0 Å². The monoisotopic (exact) mass is 894 g/mol. The molecule has 0 unspecified atom stereocenters. The third kappa shape index (κ3) is 6.47.